The Morgan fingerprint density at radius 2 is 1.45 bits per heavy atom. The zero-order valence-corrected chi connectivity index (χ0v) is 20.1. The summed E-state index contributed by atoms with van der Waals surface area (Å²) < 4.78 is 39.1. The van der Waals surface area contributed by atoms with Gasteiger partial charge in [-0.3, -0.25) is 9.59 Å². The summed E-state index contributed by atoms with van der Waals surface area (Å²) in [6.45, 7) is 20.4. The van der Waals surface area contributed by atoms with Crippen LogP contribution in [0, 0.1) is 20.0 Å². The Morgan fingerprint density at radius 1 is 0.939 bits per heavy atom. The van der Waals surface area contributed by atoms with Crippen LogP contribution in [0.15, 0.2) is 54.6 Å². The molecule has 0 unspecified atom stereocenters. The maximum absolute atomic E-state index is 11.5. The van der Waals surface area contributed by atoms with Gasteiger partial charge in [-0.15, -0.1) is 0 Å². The summed E-state index contributed by atoms with van der Waals surface area (Å²) in [6, 6.07) is 9.75. The molecular formula is C24H28FeO8. The van der Waals surface area contributed by atoms with Crippen LogP contribution in [0.4, 0.5) is 0 Å². The fourth-order valence-electron chi connectivity index (χ4n) is 2.37. The first-order valence-electron chi connectivity index (χ1n) is 9.33. The van der Waals surface area contributed by atoms with Crippen molar-refractivity contribution in [3.8, 4) is 0 Å². The summed E-state index contributed by atoms with van der Waals surface area (Å²) in [5.41, 5.74) is 1.03. The molecule has 0 aliphatic carbocycles. The molecule has 0 aromatic heterocycles. The third kappa shape index (κ3) is 22.3. The molecule has 8 nitrogen and oxygen atoms in total. The molecule has 0 saturated carbocycles. The van der Waals surface area contributed by atoms with Gasteiger partial charge in [-0.1, -0.05) is 48.6 Å². The van der Waals surface area contributed by atoms with E-state index < -0.39 is 18.2 Å². The number of hydrogen-bond donors (Lipinski definition) is 0. The topological polar surface area (TPSA) is 122 Å². The number of ether oxygens (including phenoxy) is 3. The number of carbonyl (C=O) groups excluding carboxylic acids is 2. The number of carbonyl (C=O) groups is 2. The van der Waals surface area contributed by atoms with Crippen LogP contribution in [0.1, 0.15) is 39.7 Å². The number of benzene rings is 1. The summed E-state index contributed by atoms with van der Waals surface area (Å²) in [4.78, 5) is 22.8. The van der Waals surface area contributed by atoms with Crippen LogP contribution in [-0.4, -0.2) is 30.3 Å². The molecule has 0 saturated heterocycles. The van der Waals surface area contributed by atoms with Gasteiger partial charge >= 0.3 is 45.8 Å². The summed E-state index contributed by atoms with van der Waals surface area (Å²) in [5, 5.41) is 0. The monoisotopic (exact) mass is 500 g/mol. The molecule has 0 N–H and O–H groups in total. The van der Waals surface area contributed by atoms with Gasteiger partial charge in [0.2, 0.25) is 0 Å². The number of hydrogen-bond acceptors (Lipinski definition) is 5. The van der Waals surface area contributed by atoms with E-state index in [1.807, 2.05) is 56.3 Å². The number of allylic oxidation sites excluding steroid dienone is 3. The van der Waals surface area contributed by atoms with Crippen LogP contribution in [0.25, 0.3) is 0 Å². The summed E-state index contributed by atoms with van der Waals surface area (Å²) >= 11 is 0. The molecule has 0 radical (unpaired) electrons. The maximum Gasteiger partial charge on any atom is 0 e. The van der Waals surface area contributed by atoms with Crippen molar-refractivity contribution in [2.45, 2.75) is 59.0 Å². The Morgan fingerprint density at radius 3 is 1.91 bits per heavy atom. The van der Waals surface area contributed by atoms with Crippen molar-refractivity contribution in [3.05, 3.63) is 80.2 Å². The van der Waals surface area contributed by atoms with E-state index in [9.17, 15) is 9.59 Å². The Hall–Kier alpha value is -2.66. The quantitative estimate of drug-likeness (QED) is 0.159. The van der Waals surface area contributed by atoms with Crippen LogP contribution >= 0.6 is 0 Å². The molecule has 3 atom stereocenters. The second-order valence-corrected chi connectivity index (χ2v) is 5.94. The minimum Gasteiger partial charge on any atom is 0 e. The largest absolute Gasteiger partial charge is 0 e. The first-order chi connectivity index (χ1) is 15.4. The van der Waals surface area contributed by atoms with Gasteiger partial charge in [0, 0.05) is 37.3 Å². The Balaban J connectivity index is -0.000000553. The van der Waals surface area contributed by atoms with Gasteiger partial charge in [-0.25, -0.2) is 0 Å². The van der Waals surface area contributed by atoms with Crippen molar-refractivity contribution < 1.29 is 54.8 Å². The first-order valence-corrected chi connectivity index (χ1v) is 9.33. The van der Waals surface area contributed by atoms with Crippen molar-refractivity contribution in [2.24, 2.45) is 0 Å². The van der Waals surface area contributed by atoms with E-state index in [0.717, 1.165) is 5.56 Å². The van der Waals surface area contributed by atoms with E-state index in [-0.39, 0.29) is 29.1 Å². The van der Waals surface area contributed by atoms with E-state index in [0.29, 0.717) is 13.0 Å². The fraction of sp³-hybridized carbons (Fsp3) is 0.375. The average molecular weight is 500 g/mol. The normalized spacial score (nSPS) is 11.9. The van der Waals surface area contributed by atoms with Crippen molar-refractivity contribution >= 4 is 11.9 Å². The minimum absolute atomic E-state index is 0. The third-order valence-corrected chi connectivity index (χ3v) is 3.61. The standard InChI is InChI=1S/C21H28O5.3CO.Fe/c1-5-6-8-13-20(25-17(3)22)14-21(26-18(4)23)16(2)24-15-19-11-9-7-10-12-19;3*1-2;/h5-13,16,20-21H,14-15H2,1-4H3;;;;/b6-5+,13-8+;;;;/t16-,20+,21-;;;;/m0..../s1. The molecule has 0 spiro atoms. The molecule has 9 heteroatoms. The molecule has 180 valence electrons. The third-order valence-electron chi connectivity index (χ3n) is 3.61. The molecule has 0 fully saturated rings. The first kappa shape index (κ1) is 37.6. The Kier molecular flexibility index (Phi) is 31.2. The summed E-state index contributed by atoms with van der Waals surface area (Å²) in [7, 11) is 0. The molecule has 0 bridgehead atoms. The van der Waals surface area contributed by atoms with E-state index in [1.54, 1.807) is 12.2 Å². The predicted molar refractivity (Wildman–Crippen MR) is 112 cm³/mol. The Bertz CT molecular complexity index is 724. The molecule has 0 aliphatic heterocycles. The van der Waals surface area contributed by atoms with Crippen LogP contribution < -0.4 is 0 Å². The minimum atomic E-state index is -0.532. The molecule has 0 aliphatic rings. The summed E-state index contributed by atoms with van der Waals surface area (Å²) in [6.07, 6.45) is 6.21. The van der Waals surface area contributed by atoms with Gasteiger partial charge < -0.3 is 14.2 Å². The number of esters is 2. The Labute approximate surface area is 206 Å². The average Bonchev–Trinajstić information content (AvgIpc) is 2.81. The number of rotatable bonds is 10. The molecule has 1 rings (SSSR count). The van der Waals surface area contributed by atoms with E-state index in [1.165, 1.54) is 13.8 Å². The zero-order valence-electron chi connectivity index (χ0n) is 19.0. The van der Waals surface area contributed by atoms with Crippen molar-refractivity contribution in [1.29, 1.82) is 0 Å². The smallest absolute Gasteiger partial charge is 0 e. The molecular weight excluding hydrogens is 472 g/mol. The molecule has 1 aromatic rings. The van der Waals surface area contributed by atoms with E-state index in [4.69, 9.17) is 28.2 Å². The van der Waals surface area contributed by atoms with Gasteiger partial charge in [0.05, 0.1) is 12.7 Å². The van der Waals surface area contributed by atoms with Gasteiger partial charge in [-0.05, 0) is 25.5 Å². The maximum atomic E-state index is 11.5. The van der Waals surface area contributed by atoms with Crippen LogP contribution in [0.5, 0.6) is 0 Å². The van der Waals surface area contributed by atoms with Gasteiger partial charge in [0.25, 0.3) is 0 Å². The zero-order chi connectivity index (χ0) is 25.4. The SMILES string of the molecule is C/C=C/C=C/[C@H](C[C@H](OC(C)=O)[C@H](C)OCc1ccccc1)OC(C)=O.[C-]#[O+].[C-]#[O+].[C-]#[O+].[Fe]. The molecule has 0 amide bonds. The van der Waals surface area contributed by atoms with Crippen molar-refractivity contribution in [2.75, 3.05) is 0 Å². The molecule has 33 heavy (non-hydrogen) atoms. The predicted octanol–water partition coefficient (Wildman–Crippen LogP) is 3.86. The second-order valence-electron chi connectivity index (χ2n) is 5.94. The fourth-order valence-corrected chi connectivity index (χ4v) is 2.37. The van der Waals surface area contributed by atoms with Crippen molar-refractivity contribution in [1.82, 2.24) is 0 Å². The van der Waals surface area contributed by atoms with E-state index in [2.05, 4.69) is 20.0 Å². The van der Waals surface area contributed by atoms with Gasteiger partial charge in [0.1, 0.15) is 12.2 Å². The molecule has 1 aromatic carbocycles. The molecule has 0 heterocycles. The van der Waals surface area contributed by atoms with Crippen LogP contribution in [-0.2, 0) is 61.4 Å². The summed E-state index contributed by atoms with van der Waals surface area (Å²) in [5.74, 6) is -0.788. The van der Waals surface area contributed by atoms with Crippen LogP contribution in [0.2, 0.25) is 0 Å². The van der Waals surface area contributed by atoms with Gasteiger partial charge in [-0.2, -0.15) is 0 Å². The van der Waals surface area contributed by atoms with Crippen molar-refractivity contribution in [3.63, 3.8) is 0 Å². The van der Waals surface area contributed by atoms with Gasteiger partial charge in [0.15, 0.2) is 0 Å². The second kappa shape index (κ2) is 27.4. The van der Waals surface area contributed by atoms with Crippen LogP contribution in [0.3, 0.4) is 0 Å². The van der Waals surface area contributed by atoms with E-state index >= 15 is 0 Å².